The molecule has 0 aromatic carbocycles. The second-order valence-electron chi connectivity index (χ2n) is 4.48. The number of nitrogens with zero attached hydrogens (tertiary/aromatic N) is 2. The van der Waals surface area contributed by atoms with Gasteiger partial charge >= 0.3 is 6.18 Å². The van der Waals surface area contributed by atoms with Gasteiger partial charge in [-0.05, 0) is 24.8 Å². The van der Waals surface area contributed by atoms with Crippen LogP contribution in [0.5, 0.6) is 0 Å². The molecule has 20 heavy (non-hydrogen) atoms. The van der Waals surface area contributed by atoms with E-state index in [0.29, 0.717) is 5.82 Å². The summed E-state index contributed by atoms with van der Waals surface area (Å²) >= 11 is 1.67. The molecular formula is C13H20F3N3S. The number of thioether (sulfide) groups is 1. The maximum atomic E-state index is 12.9. The zero-order valence-electron chi connectivity index (χ0n) is 12.1. The van der Waals surface area contributed by atoms with Gasteiger partial charge in [0.05, 0.1) is 5.56 Å². The maximum Gasteiger partial charge on any atom is 0.416 e. The Morgan fingerprint density at radius 1 is 1.40 bits per heavy atom. The molecule has 0 radical (unpaired) electrons. The first kappa shape index (κ1) is 16.9. The van der Waals surface area contributed by atoms with E-state index in [-0.39, 0.29) is 11.9 Å². The van der Waals surface area contributed by atoms with Crippen molar-refractivity contribution in [3.8, 4) is 0 Å². The maximum absolute atomic E-state index is 12.9. The number of nitrogens with one attached hydrogen (secondary N) is 1. The van der Waals surface area contributed by atoms with Crippen molar-refractivity contribution in [3.05, 3.63) is 17.7 Å². The summed E-state index contributed by atoms with van der Waals surface area (Å²) in [6.45, 7) is 2.02. The quantitative estimate of drug-likeness (QED) is 0.867. The van der Waals surface area contributed by atoms with E-state index in [0.717, 1.165) is 24.3 Å². The van der Waals surface area contributed by atoms with Gasteiger partial charge in [0.25, 0.3) is 0 Å². The van der Waals surface area contributed by atoms with Crippen molar-refractivity contribution >= 4 is 23.4 Å². The molecule has 1 aromatic heterocycles. The highest BCUT2D eigenvalue weighted by Gasteiger charge is 2.32. The molecule has 1 rings (SSSR count). The molecule has 0 aliphatic heterocycles. The zero-order valence-corrected chi connectivity index (χ0v) is 12.9. The highest BCUT2D eigenvalue weighted by molar-refractivity contribution is 7.98. The van der Waals surface area contributed by atoms with Crippen LogP contribution in [0, 0.1) is 0 Å². The summed E-state index contributed by atoms with van der Waals surface area (Å²) in [5, 5.41) is 2.68. The van der Waals surface area contributed by atoms with E-state index >= 15 is 0 Å². The first-order chi connectivity index (χ1) is 9.33. The van der Waals surface area contributed by atoms with Gasteiger partial charge < -0.3 is 10.2 Å². The summed E-state index contributed by atoms with van der Waals surface area (Å²) in [6.07, 6.45) is -1.54. The Labute approximate surface area is 122 Å². The molecule has 1 aromatic rings. The van der Waals surface area contributed by atoms with E-state index in [9.17, 15) is 13.2 Å². The molecule has 3 nitrogen and oxygen atoms in total. The van der Waals surface area contributed by atoms with Crippen LogP contribution in [0.2, 0.25) is 0 Å². The molecule has 1 atom stereocenters. The fourth-order valence-corrected chi connectivity index (χ4v) is 2.72. The van der Waals surface area contributed by atoms with E-state index in [2.05, 4.69) is 10.3 Å². The summed E-state index contributed by atoms with van der Waals surface area (Å²) in [6, 6.07) is 2.28. The Hall–Kier alpha value is -1.11. The molecule has 1 N–H and O–H groups in total. The number of halogens is 3. The van der Waals surface area contributed by atoms with Crippen molar-refractivity contribution in [1.29, 1.82) is 0 Å². The predicted octanol–water partition coefficient (Wildman–Crippen LogP) is 3.72. The summed E-state index contributed by atoms with van der Waals surface area (Å²) in [4.78, 5) is 6.03. The van der Waals surface area contributed by atoms with Crippen molar-refractivity contribution in [3.63, 3.8) is 0 Å². The van der Waals surface area contributed by atoms with Crippen molar-refractivity contribution in [2.75, 3.05) is 36.3 Å². The lowest BCUT2D eigenvalue weighted by molar-refractivity contribution is -0.137. The zero-order chi connectivity index (χ0) is 15.3. The summed E-state index contributed by atoms with van der Waals surface area (Å²) in [7, 11) is 3.35. The van der Waals surface area contributed by atoms with Crippen LogP contribution in [-0.2, 0) is 6.18 Å². The van der Waals surface area contributed by atoms with Crippen molar-refractivity contribution in [2.45, 2.75) is 25.6 Å². The van der Waals surface area contributed by atoms with E-state index in [4.69, 9.17) is 0 Å². The predicted molar refractivity (Wildman–Crippen MR) is 79.6 cm³/mol. The molecule has 0 amide bonds. The van der Waals surface area contributed by atoms with E-state index in [1.165, 1.54) is 0 Å². The molecule has 7 heteroatoms. The van der Waals surface area contributed by atoms with Gasteiger partial charge in [0.15, 0.2) is 0 Å². The van der Waals surface area contributed by atoms with Crippen LogP contribution in [0.4, 0.5) is 24.8 Å². The summed E-state index contributed by atoms with van der Waals surface area (Å²) in [5.74, 6) is 1.41. The molecule has 0 saturated carbocycles. The molecule has 114 valence electrons. The average molecular weight is 307 g/mol. The van der Waals surface area contributed by atoms with Crippen molar-refractivity contribution < 1.29 is 13.2 Å². The number of rotatable bonds is 6. The molecule has 0 fully saturated rings. The molecule has 0 aliphatic rings. The third kappa shape index (κ3) is 4.19. The smallest absolute Gasteiger partial charge is 0.373 e. The highest BCUT2D eigenvalue weighted by atomic mass is 32.2. The minimum absolute atomic E-state index is 0.158. The van der Waals surface area contributed by atoms with Gasteiger partial charge in [0.2, 0.25) is 0 Å². The molecular weight excluding hydrogens is 287 g/mol. The van der Waals surface area contributed by atoms with E-state index < -0.39 is 11.7 Å². The van der Waals surface area contributed by atoms with Gasteiger partial charge in [0.1, 0.15) is 11.6 Å². The van der Waals surface area contributed by atoms with Crippen LogP contribution < -0.4 is 10.2 Å². The largest absolute Gasteiger partial charge is 0.416 e. The summed E-state index contributed by atoms with van der Waals surface area (Å²) < 4.78 is 38.7. The topological polar surface area (TPSA) is 28.2 Å². The van der Waals surface area contributed by atoms with E-state index in [1.807, 2.05) is 18.1 Å². The third-order valence-corrected chi connectivity index (χ3v) is 3.85. The Bertz CT molecular complexity index is 437. The molecule has 1 heterocycles. The molecule has 0 spiro atoms. The van der Waals surface area contributed by atoms with Gasteiger partial charge in [-0.25, -0.2) is 4.98 Å². The van der Waals surface area contributed by atoms with E-state index in [1.54, 1.807) is 25.9 Å². The number of hydrogen-bond donors (Lipinski definition) is 1. The molecule has 0 aliphatic carbocycles. The summed E-state index contributed by atoms with van der Waals surface area (Å²) in [5.41, 5.74) is -0.683. The van der Waals surface area contributed by atoms with Crippen molar-refractivity contribution in [2.24, 2.45) is 0 Å². The number of hydrogen-bond acceptors (Lipinski definition) is 4. The standard InChI is InChI=1S/C13H20F3N3S/c1-5-10(8-20-4)19(3)12-7-9(13(14,15)16)6-11(17-2)18-12/h6-7,10H,5,8H2,1-4H3,(H,17,18). The number of alkyl halides is 3. The molecule has 0 bridgehead atoms. The Morgan fingerprint density at radius 3 is 2.50 bits per heavy atom. The number of anilines is 2. The lowest BCUT2D eigenvalue weighted by Gasteiger charge is -2.28. The van der Waals surface area contributed by atoms with Crippen LogP contribution in [0.1, 0.15) is 18.9 Å². The molecule has 1 unspecified atom stereocenters. The Balaban J connectivity index is 3.16. The SMILES string of the molecule is CCC(CSC)N(C)c1cc(C(F)(F)F)cc(NC)n1. The van der Waals surface area contributed by atoms with Gasteiger partial charge in [-0.1, -0.05) is 6.92 Å². The second-order valence-corrected chi connectivity index (χ2v) is 5.39. The first-order valence-corrected chi connectivity index (χ1v) is 7.71. The van der Waals surface area contributed by atoms with Crippen LogP contribution >= 0.6 is 11.8 Å². The van der Waals surface area contributed by atoms with Gasteiger partial charge in [-0.2, -0.15) is 24.9 Å². The van der Waals surface area contributed by atoms with Crippen LogP contribution in [0.3, 0.4) is 0 Å². The minimum Gasteiger partial charge on any atom is -0.373 e. The van der Waals surface area contributed by atoms with Crippen LogP contribution in [0.15, 0.2) is 12.1 Å². The lowest BCUT2D eigenvalue weighted by Crippen LogP contribution is -2.34. The normalized spacial score (nSPS) is 13.2. The number of pyridine rings is 1. The van der Waals surface area contributed by atoms with Crippen LogP contribution in [-0.4, -0.2) is 37.1 Å². The van der Waals surface area contributed by atoms with Gasteiger partial charge in [0, 0.05) is 25.9 Å². The lowest BCUT2D eigenvalue weighted by atomic mass is 10.2. The Kier molecular flexibility index (Phi) is 5.98. The van der Waals surface area contributed by atoms with Gasteiger partial charge in [-0.3, -0.25) is 0 Å². The second kappa shape index (κ2) is 7.06. The highest BCUT2D eigenvalue weighted by Crippen LogP contribution is 2.33. The monoisotopic (exact) mass is 307 g/mol. The molecule has 0 saturated heterocycles. The van der Waals surface area contributed by atoms with Crippen molar-refractivity contribution in [1.82, 2.24) is 4.98 Å². The third-order valence-electron chi connectivity index (χ3n) is 3.13. The van der Waals surface area contributed by atoms with Crippen LogP contribution in [0.25, 0.3) is 0 Å². The van der Waals surface area contributed by atoms with Gasteiger partial charge in [-0.15, -0.1) is 0 Å². The fraction of sp³-hybridized carbons (Fsp3) is 0.615. The minimum atomic E-state index is -4.37. The number of aromatic nitrogens is 1. The fourth-order valence-electron chi connectivity index (χ4n) is 1.87. The first-order valence-electron chi connectivity index (χ1n) is 6.32. The Morgan fingerprint density at radius 2 is 2.05 bits per heavy atom. The average Bonchev–Trinajstić information content (AvgIpc) is 2.42.